The second-order valence-corrected chi connectivity index (χ2v) is 6.05. The Morgan fingerprint density at radius 3 is 2.58 bits per heavy atom. The van der Waals surface area contributed by atoms with Crippen molar-refractivity contribution in [1.29, 1.82) is 0 Å². The fraction of sp³-hybridized carbons (Fsp3) is 0.238. The van der Waals surface area contributed by atoms with E-state index in [0.29, 0.717) is 24.5 Å². The van der Waals surface area contributed by atoms with Crippen molar-refractivity contribution in [2.45, 2.75) is 25.8 Å². The third kappa shape index (κ3) is 4.51. The van der Waals surface area contributed by atoms with Crippen molar-refractivity contribution < 1.29 is 13.9 Å². The highest BCUT2D eigenvalue weighted by molar-refractivity contribution is 5.76. The van der Waals surface area contributed by atoms with Crippen molar-refractivity contribution in [1.82, 2.24) is 10.3 Å². The number of methoxy groups -OCH3 is 1. The number of oxazole rings is 1. The highest BCUT2D eigenvalue weighted by Gasteiger charge is 2.12. The maximum absolute atomic E-state index is 12.2. The Bertz CT molecular complexity index is 841. The first-order valence-corrected chi connectivity index (χ1v) is 8.59. The van der Waals surface area contributed by atoms with Gasteiger partial charge in [0.2, 0.25) is 5.91 Å². The van der Waals surface area contributed by atoms with Crippen LogP contribution in [0.25, 0.3) is 11.3 Å². The van der Waals surface area contributed by atoms with E-state index in [-0.39, 0.29) is 11.9 Å². The van der Waals surface area contributed by atoms with Crippen molar-refractivity contribution in [3.8, 4) is 17.1 Å². The van der Waals surface area contributed by atoms with Crippen molar-refractivity contribution in [3.63, 3.8) is 0 Å². The minimum atomic E-state index is -0.0249. The van der Waals surface area contributed by atoms with Crippen LogP contribution in [0.15, 0.2) is 65.2 Å². The molecule has 0 bridgehead atoms. The number of ether oxygens (including phenoxy) is 1. The molecule has 26 heavy (non-hydrogen) atoms. The quantitative estimate of drug-likeness (QED) is 0.695. The first-order valence-electron chi connectivity index (χ1n) is 8.59. The smallest absolute Gasteiger partial charge is 0.220 e. The van der Waals surface area contributed by atoms with E-state index in [1.165, 1.54) is 0 Å². The normalized spacial score (nSPS) is 11.8. The van der Waals surface area contributed by atoms with E-state index in [1.807, 2.05) is 61.5 Å². The molecule has 2 aromatic carbocycles. The maximum Gasteiger partial charge on any atom is 0.220 e. The molecule has 0 saturated heterocycles. The number of hydrogen-bond acceptors (Lipinski definition) is 4. The fourth-order valence-corrected chi connectivity index (χ4v) is 2.67. The molecular formula is C21H22N2O3. The summed E-state index contributed by atoms with van der Waals surface area (Å²) in [6.07, 6.45) is 2.48. The van der Waals surface area contributed by atoms with Crippen LogP contribution in [-0.2, 0) is 11.2 Å². The third-order valence-corrected chi connectivity index (χ3v) is 4.17. The number of hydrogen-bond donors (Lipinski definition) is 1. The topological polar surface area (TPSA) is 64.4 Å². The minimum Gasteiger partial charge on any atom is -0.497 e. The van der Waals surface area contributed by atoms with Crippen LogP contribution in [0.1, 0.15) is 30.8 Å². The van der Waals surface area contributed by atoms with Crippen molar-refractivity contribution in [3.05, 3.63) is 72.2 Å². The number of aromatic nitrogens is 1. The third-order valence-electron chi connectivity index (χ3n) is 4.17. The number of carbonyl (C=O) groups excluding carboxylic acids is 1. The summed E-state index contributed by atoms with van der Waals surface area (Å²) in [6, 6.07) is 17.4. The summed E-state index contributed by atoms with van der Waals surface area (Å²) in [5, 5.41) is 3.00. The van der Waals surface area contributed by atoms with Gasteiger partial charge in [0.1, 0.15) is 5.75 Å². The molecular weight excluding hydrogens is 328 g/mol. The Labute approximate surface area is 153 Å². The lowest BCUT2D eigenvalue weighted by Gasteiger charge is -2.13. The molecule has 3 rings (SSSR count). The Morgan fingerprint density at radius 2 is 1.88 bits per heavy atom. The minimum absolute atomic E-state index is 0.0226. The van der Waals surface area contributed by atoms with Crippen LogP contribution in [0, 0.1) is 0 Å². The van der Waals surface area contributed by atoms with Gasteiger partial charge in [-0.15, -0.1) is 0 Å². The van der Waals surface area contributed by atoms with Gasteiger partial charge in [0.05, 0.1) is 19.3 Å². The Balaban J connectivity index is 1.53. The zero-order chi connectivity index (χ0) is 18.4. The van der Waals surface area contributed by atoms with Gasteiger partial charge in [-0.25, -0.2) is 4.98 Å². The first-order chi connectivity index (χ1) is 12.7. The van der Waals surface area contributed by atoms with Gasteiger partial charge in [0.15, 0.2) is 11.7 Å². The number of amides is 1. The van der Waals surface area contributed by atoms with Crippen molar-refractivity contribution in [2.24, 2.45) is 0 Å². The number of benzene rings is 2. The van der Waals surface area contributed by atoms with E-state index in [0.717, 1.165) is 16.9 Å². The molecule has 0 radical (unpaired) electrons. The zero-order valence-corrected chi connectivity index (χ0v) is 14.9. The van der Waals surface area contributed by atoms with Gasteiger partial charge in [0.25, 0.3) is 0 Å². The van der Waals surface area contributed by atoms with Crippen LogP contribution in [-0.4, -0.2) is 18.0 Å². The lowest BCUT2D eigenvalue weighted by atomic mass is 10.1. The van der Waals surface area contributed by atoms with Gasteiger partial charge in [0, 0.05) is 18.4 Å². The molecule has 0 unspecified atom stereocenters. The van der Waals surface area contributed by atoms with Gasteiger partial charge in [-0.1, -0.05) is 30.3 Å². The molecule has 1 heterocycles. The second kappa shape index (κ2) is 8.34. The summed E-state index contributed by atoms with van der Waals surface area (Å²) in [6.45, 7) is 1.97. The highest BCUT2D eigenvalue weighted by Crippen LogP contribution is 2.23. The van der Waals surface area contributed by atoms with E-state index in [9.17, 15) is 4.79 Å². The monoisotopic (exact) mass is 350 g/mol. The van der Waals surface area contributed by atoms with Crippen LogP contribution < -0.4 is 10.1 Å². The molecule has 1 N–H and O–H groups in total. The standard InChI is InChI=1S/C21H22N2O3/c1-15(16-6-4-3-5-7-16)23-20(24)12-13-21-22-14-19(26-21)17-8-10-18(25-2)11-9-17/h3-11,14-15H,12-13H2,1-2H3,(H,23,24)/t15-/m0/s1. The Kier molecular flexibility index (Phi) is 5.69. The summed E-state index contributed by atoms with van der Waals surface area (Å²) >= 11 is 0. The highest BCUT2D eigenvalue weighted by atomic mass is 16.5. The van der Waals surface area contributed by atoms with Crippen molar-refractivity contribution >= 4 is 5.91 Å². The molecule has 1 atom stereocenters. The molecule has 1 aromatic heterocycles. The van der Waals surface area contributed by atoms with E-state index in [4.69, 9.17) is 9.15 Å². The summed E-state index contributed by atoms with van der Waals surface area (Å²) < 4.78 is 10.9. The van der Waals surface area contributed by atoms with Gasteiger partial charge in [-0.2, -0.15) is 0 Å². The van der Waals surface area contributed by atoms with Crippen LogP contribution >= 0.6 is 0 Å². The number of rotatable bonds is 7. The van der Waals surface area contributed by atoms with Gasteiger partial charge in [-0.05, 0) is 36.8 Å². The van der Waals surface area contributed by atoms with Crippen LogP contribution in [0.2, 0.25) is 0 Å². The second-order valence-electron chi connectivity index (χ2n) is 6.05. The average Bonchev–Trinajstić information content (AvgIpc) is 3.16. The fourth-order valence-electron chi connectivity index (χ4n) is 2.67. The van der Waals surface area contributed by atoms with Crippen LogP contribution in [0.5, 0.6) is 5.75 Å². The summed E-state index contributed by atoms with van der Waals surface area (Å²) in [5.74, 6) is 2.00. The lowest BCUT2D eigenvalue weighted by molar-refractivity contribution is -0.121. The van der Waals surface area contributed by atoms with E-state index in [2.05, 4.69) is 10.3 Å². The molecule has 0 aliphatic rings. The zero-order valence-electron chi connectivity index (χ0n) is 14.9. The molecule has 0 aliphatic heterocycles. The number of aryl methyl sites for hydroxylation is 1. The predicted octanol–water partition coefficient (Wildman–Crippen LogP) is 4.16. The Morgan fingerprint density at radius 1 is 1.15 bits per heavy atom. The molecule has 0 spiro atoms. The molecule has 0 saturated carbocycles. The maximum atomic E-state index is 12.2. The molecule has 1 amide bonds. The van der Waals surface area contributed by atoms with Gasteiger partial charge >= 0.3 is 0 Å². The molecule has 134 valence electrons. The summed E-state index contributed by atoms with van der Waals surface area (Å²) in [7, 11) is 1.63. The first kappa shape index (κ1) is 17.7. The average molecular weight is 350 g/mol. The number of nitrogens with one attached hydrogen (secondary N) is 1. The molecule has 0 aliphatic carbocycles. The lowest BCUT2D eigenvalue weighted by Crippen LogP contribution is -2.26. The number of carbonyl (C=O) groups is 1. The molecule has 0 fully saturated rings. The number of nitrogens with zero attached hydrogens (tertiary/aromatic N) is 1. The molecule has 5 nitrogen and oxygen atoms in total. The van der Waals surface area contributed by atoms with E-state index >= 15 is 0 Å². The van der Waals surface area contributed by atoms with Gasteiger partial charge < -0.3 is 14.5 Å². The van der Waals surface area contributed by atoms with Crippen LogP contribution in [0.3, 0.4) is 0 Å². The summed E-state index contributed by atoms with van der Waals surface area (Å²) in [5.41, 5.74) is 2.01. The van der Waals surface area contributed by atoms with Gasteiger partial charge in [-0.3, -0.25) is 4.79 Å². The molecule has 5 heteroatoms. The predicted molar refractivity (Wildman–Crippen MR) is 99.8 cm³/mol. The Hall–Kier alpha value is -3.08. The largest absolute Gasteiger partial charge is 0.497 e. The SMILES string of the molecule is COc1ccc(-c2cnc(CCC(=O)N[C@@H](C)c3ccccc3)o2)cc1. The van der Waals surface area contributed by atoms with Crippen molar-refractivity contribution in [2.75, 3.05) is 7.11 Å². The molecule has 3 aromatic rings. The van der Waals surface area contributed by atoms with E-state index in [1.54, 1.807) is 13.3 Å². The van der Waals surface area contributed by atoms with Crippen LogP contribution in [0.4, 0.5) is 0 Å². The van der Waals surface area contributed by atoms with E-state index < -0.39 is 0 Å². The summed E-state index contributed by atoms with van der Waals surface area (Å²) in [4.78, 5) is 16.4.